The topological polar surface area (TPSA) is 17.1 Å². The summed E-state index contributed by atoms with van der Waals surface area (Å²) >= 11 is 0. The van der Waals surface area contributed by atoms with E-state index in [4.69, 9.17) is 0 Å². The summed E-state index contributed by atoms with van der Waals surface area (Å²) in [6, 6.07) is 15.1. The Kier molecular flexibility index (Phi) is 3.44. The van der Waals surface area contributed by atoms with Gasteiger partial charge in [0.25, 0.3) is 0 Å². The number of hydrogen-bond acceptors (Lipinski definition) is 1. The third kappa shape index (κ3) is 2.53. The zero-order valence-corrected chi connectivity index (χ0v) is 13.1. The molecule has 0 amide bonds. The van der Waals surface area contributed by atoms with E-state index in [-0.39, 0.29) is 11.2 Å². The Labute approximate surface area is 127 Å². The minimum atomic E-state index is 0.225. The molecule has 2 aromatic carbocycles. The van der Waals surface area contributed by atoms with Crippen LogP contribution >= 0.6 is 0 Å². The fourth-order valence-electron chi connectivity index (χ4n) is 2.95. The van der Waals surface area contributed by atoms with Crippen molar-refractivity contribution < 1.29 is 4.79 Å². The van der Waals surface area contributed by atoms with Crippen LogP contribution in [-0.2, 0) is 11.8 Å². The van der Waals surface area contributed by atoms with Gasteiger partial charge >= 0.3 is 0 Å². The first-order valence-corrected chi connectivity index (χ1v) is 7.78. The normalized spacial score (nSPS) is 14.3. The van der Waals surface area contributed by atoms with E-state index in [1.807, 2.05) is 6.07 Å². The molecule has 2 aromatic rings. The molecule has 108 valence electrons. The van der Waals surface area contributed by atoms with Gasteiger partial charge in [0.05, 0.1) is 0 Å². The standard InChI is InChI=1S/C20H22O/c1-4-20(2,3)17-9-5-14(6-10-17)15-7-11-18-16(13-15)8-12-19(18)21/h5-7,9-11,13H,4,8,12H2,1-3H3. The molecule has 0 aliphatic heterocycles. The maximum atomic E-state index is 11.7. The number of Topliss-reactive ketones (excluding diaryl/α,β-unsaturated/α-hetero) is 1. The second-order valence-electron chi connectivity index (χ2n) is 6.61. The second-order valence-corrected chi connectivity index (χ2v) is 6.61. The molecule has 0 unspecified atom stereocenters. The predicted octanol–water partition coefficient (Wildman–Crippen LogP) is 5.17. The average Bonchev–Trinajstić information content (AvgIpc) is 2.88. The number of rotatable bonds is 3. The molecular weight excluding hydrogens is 256 g/mol. The molecule has 0 saturated heterocycles. The zero-order chi connectivity index (χ0) is 15.0. The van der Waals surface area contributed by atoms with Gasteiger partial charge < -0.3 is 0 Å². The monoisotopic (exact) mass is 278 g/mol. The molecule has 0 spiro atoms. The summed E-state index contributed by atoms with van der Waals surface area (Å²) in [4.78, 5) is 11.7. The first-order valence-electron chi connectivity index (χ1n) is 7.78. The van der Waals surface area contributed by atoms with E-state index in [2.05, 4.69) is 57.2 Å². The quantitative estimate of drug-likeness (QED) is 0.757. The Morgan fingerprint density at radius 3 is 2.29 bits per heavy atom. The van der Waals surface area contributed by atoms with Crippen molar-refractivity contribution in [1.82, 2.24) is 0 Å². The van der Waals surface area contributed by atoms with Crippen molar-refractivity contribution >= 4 is 5.78 Å². The molecule has 1 heteroatoms. The molecule has 1 aliphatic carbocycles. The summed E-state index contributed by atoms with van der Waals surface area (Å²) < 4.78 is 0. The summed E-state index contributed by atoms with van der Waals surface area (Å²) in [6.07, 6.45) is 2.69. The van der Waals surface area contributed by atoms with Crippen LogP contribution in [0.1, 0.15) is 55.1 Å². The van der Waals surface area contributed by atoms with Crippen LogP contribution in [0.3, 0.4) is 0 Å². The van der Waals surface area contributed by atoms with Crippen LogP contribution in [0.5, 0.6) is 0 Å². The summed E-state index contributed by atoms with van der Waals surface area (Å²) in [5.41, 5.74) is 6.17. The number of ketones is 1. The fraction of sp³-hybridized carbons (Fsp3) is 0.350. The third-order valence-corrected chi connectivity index (χ3v) is 4.91. The predicted molar refractivity (Wildman–Crippen MR) is 87.8 cm³/mol. The lowest BCUT2D eigenvalue weighted by Crippen LogP contribution is -2.14. The lowest BCUT2D eigenvalue weighted by atomic mass is 9.82. The van der Waals surface area contributed by atoms with Gasteiger partial charge in [-0.2, -0.15) is 0 Å². The first kappa shape index (κ1) is 14.1. The van der Waals surface area contributed by atoms with Crippen LogP contribution in [0.2, 0.25) is 0 Å². The summed E-state index contributed by atoms with van der Waals surface area (Å²) in [5, 5.41) is 0. The second kappa shape index (κ2) is 5.14. The minimum Gasteiger partial charge on any atom is -0.294 e. The molecule has 0 heterocycles. The SMILES string of the molecule is CCC(C)(C)c1ccc(-c2ccc3c(c2)CCC3=O)cc1. The molecule has 0 fully saturated rings. The molecule has 3 rings (SSSR count). The van der Waals surface area contributed by atoms with Gasteiger partial charge in [-0.25, -0.2) is 0 Å². The Morgan fingerprint density at radius 1 is 0.952 bits per heavy atom. The van der Waals surface area contributed by atoms with E-state index >= 15 is 0 Å². The van der Waals surface area contributed by atoms with Crippen molar-refractivity contribution in [2.45, 2.75) is 45.4 Å². The smallest absolute Gasteiger partial charge is 0.163 e. The van der Waals surface area contributed by atoms with Gasteiger partial charge in [-0.1, -0.05) is 63.2 Å². The molecule has 0 saturated carbocycles. The maximum absolute atomic E-state index is 11.7. The van der Waals surface area contributed by atoms with Crippen molar-refractivity contribution in [3.8, 4) is 11.1 Å². The van der Waals surface area contributed by atoms with Gasteiger partial charge in [-0.15, -0.1) is 0 Å². The van der Waals surface area contributed by atoms with Gasteiger partial charge in [0.15, 0.2) is 5.78 Å². The largest absolute Gasteiger partial charge is 0.294 e. The molecule has 21 heavy (non-hydrogen) atoms. The van der Waals surface area contributed by atoms with Crippen LogP contribution in [0.4, 0.5) is 0 Å². The Morgan fingerprint density at radius 2 is 1.62 bits per heavy atom. The highest BCUT2D eigenvalue weighted by Crippen LogP contribution is 2.31. The molecule has 0 N–H and O–H groups in total. The number of carbonyl (C=O) groups is 1. The van der Waals surface area contributed by atoms with Crippen molar-refractivity contribution in [2.24, 2.45) is 0 Å². The molecular formula is C20H22O. The highest BCUT2D eigenvalue weighted by Gasteiger charge is 2.20. The van der Waals surface area contributed by atoms with E-state index in [0.717, 1.165) is 18.4 Å². The first-order chi connectivity index (χ1) is 10.0. The molecule has 0 bridgehead atoms. The van der Waals surface area contributed by atoms with Gasteiger partial charge in [0, 0.05) is 12.0 Å². The maximum Gasteiger partial charge on any atom is 0.163 e. The van der Waals surface area contributed by atoms with E-state index < -0.39 is 0 Å². The van der Waals surface area contributed by atoms with Crippen molar-refractivity contribution in [3.63, 3.8) is 0 Å². The molecule has 0 radical (unpaired) electrons. The average molecular weight is 278 g/mol. The third-order valence-electron chi connectivity index (χ3n) is 4.91. The number of benzene rings is 2. The fourth-order valence-corrected chi connectivity index (χ4v) is 2.95. The lowest BCUT2D eigenvalue weighted by Gasteiger charge is -2.23. The van der Waals surface area contributed by atoms with E-state index in [0.29, 0.717) is 6.42 Å². The summed E-state index contributed by atoms with van der Waals surface area (Å²) in [6.45, 7) is 6.79. The Bertz CT molecular complexity index is 677. The highest BCUT2D eigenvalue weighted by molar-refractivity contribution is 6.00. The Hall–Kier alpha value is -1.89. The number of fused-ring (bicyclic) bond motifs is 1. The number of carbonyl (C=O) groups excluding carboxylic acids is 1. The van der Waals surface area contributed by atoms with Gasteiger partial charge in [0.1, 0.15) is 0 Å². The number of aryl methyl sites for hydroxylation is 1. The zero-order valence-electron chi connectivity index (χ0n) is 13.1. The molecule has 1 aliphatic rings. The van der Waals surface area contributed by atoms with Crippen LogP contribution in [-0.4, -0.2) is 5.78 Å². The van der Waals surface area contributed by atoms with Gasteiger partial charge in [0.2, 0.25) is 0 Å². The van der Waals surface area contributed by atoms with E-state index in [9.17, 15) is 4.79 Å². The minimum absolute atomic E-state index is 0.225. The van der Waals surface area contributed by atoms with Crippen LogP contribution < -0.4 is 0 Å². The van der Waals surface area contributed by atoms with Crippen LogP contribution in [0.15, 0.2) is 42.5 Å². The van der Waals surface area contributed by atoms with Crippen molar-refractivity contribution in [2.75, 3.05) is 0 Å². The van der Waals surface area contributed by atoms with Crippen LogP contribution in [0, 0.1) is 0 Å². The van der Waals surface area contributed by atoms with Gasteiger partial charge in [-0.3, -0.25) is 4.79 Å². The summed E-state index contributed by atoms with van der Waals surface area (Å²) in [5.74, 6) is 0.289. The van der Waals surface area contributed by atoms with Gasteiger partial charge in [-0.05, 0) is 40.5 Å². The Balaban J connectivity index is 1.93. The lowest BCUT2D eigenvalue weighted by molar-refractivity contribution is 0.0994. The number of hydrogen-bond donors (Lipinski definition) is 0. The molecule has 1 nitrogen and oxygen atoms in total. The molecule has 0 atom stereocenters. The van der Waals surface area contributed by atoms with Crippen molar-refractivity contribution in [1.29, 1.82) is 0 Å². The van der Waals surface area contributed by atoms with E-state index in [1.165, 1.54) is 22.3 Å². The summed E-state index contributed by atoms with van der Waals surface area (Å²) in [7, 11) is 0. The van der Waals surface area contributed by atoms with Crippen LogP contribution in [0.25, 0.3) is 11.1 Å². The van der Waals surface area contributed by atoms with E-state index in [1.54, 1.807) is 0 Å². The molecule has 0 aromatic heterocycles. The van der Waals surface area contributed by atoms with Crippen molar-refractivity contribution in [3.05, 3.63) is 59.2 Å². The highest BCUT2D eigenvalue weighted by atomic mass is 16.1.